The quantitative estimate of drug-likeness (QED) is 0.327. The molecular weight excluding hydrogens is 415 g/mol. The van der Waals surface area contributed by atoms with E-state index in [1.807, 2.05) is 6.20 Å². The van der Waals surface area contributed by atoms with Gasteiger partial charge in [-0.15, -0.1) is 0 Å². The maximum atomic E-state index is 13.8. The van der Waals surface area contributed by atoms with Crippen LogP contribution in [0.3, 0.4) is 0 Å². The zero-order chi connectivity index (χ0) is 21.0. The SMILES string of the molecule is Fc1cccnc1CNc1ncnc2sc(CCNCCc3ncc(C4CC4)[nH]3)nc12. The molecule has 0 amide bonds. The van der Waals surface area contributed by atoms with Gasteiger partial charge in [-0.05, 0) is 25.0 Å². The van der Waals surface area contributed by atoms with Crippen LogP contribution in [-0.4, -0.2) is 43.0 Å². The smallest absolute Gasteiger partial charge is 0.157 e. The van der Waals surface area contributed by atoms with Gasteiger partial charge in [0.05, 0.1) is 17.2 Å². The lowest BCUT2D eigenvalue weighted by Gasteiger charge is -2.05. The molecule has 31 heavy (non-hydrogen) atoms. The molecule has 1 fully saturated rings. The summed E-state index contributed by atoms with van der Waals surface area (Å²) in [6.07, 6.45) is 9.30. The van der Waals surface area contributed by atoms with Crippen LogP contribution in [0.25, 0.3) is 10.3 Å². The summed E-state index contributed by atoms with van der Waals surface area (Å²) in [5.41, 5.74) is 2.33. The number of hydrogen-bond donors (Lipinski definition) is 3. The van der Waals surface area contributed by atoms with Crippen molar-refractivity contribution in [2.24, 2.45) is 0 Å². The molecule has 4 heterocycles. The number of pyridine rings is 1. The summed E-state index contributed by atoms with van der Waals surface area (Å²) in [5, 5.41) is 7.57. The number of anilines is 1. The highest BCUT2D eigenvalue weighted by Gasteiger charge is 2.25. The highest BCUT2D eigenvalue weighted by molar-refractivity contribution is 7.18. The van der Waals surface area contributed by atoms with Gasteiger partial charge in [0.15, 0.2) is 5.82 Å². The number of nitrogens with zero attached hydrogens (tertiary/aromatic N) is 5. The van der Waals surface area contributed by atoms with E-state index in [-0.39, 0.29) is 12.4 Å². The molecule has 1 aliphatic carbocycles. The molecule has 0 bridgehead atoms. The second-order valence-corrected chi connectivity index (χ2v) is 8.64. The molecule has 0 saturated heterocycles. The van der Waals surface area contributed by atoms with Gasteiger partial charge in [-0.3, -0.25) is 4.98 Å². The minimum absolute atomic E-state index is 0.239. The fraction of sp³-hybridized carbons (Fsp3) is 0.381. The number of aromatic amines is 1. The van der Waals surface area contributed by atoms with Crippen LogP contribution >= 0.6 is 11.3 Å². The molecule has 4 aromatic rings. The molecule has 0 radical (unpaired) electrons. The molecule has 0 aliphatic heterocycles. The lowest BCUT2D eigenvalue weighted by molar-refractivity contribution is 0.602. The maximum absolute atomic E-state index is 13.8. The number of fused-ring (bicyclic) bond motifs is 1. The van der Waals surface area contributed by atoms with Crippen LogP contribution < -0.4 is 10.6 Å². The molecule has 4 aromatic heterocycles. The van der Waals surface area contributed by atoms with Crippen LogP contribution in [0.5, 0.6) is 0 Å². The lowest BCUT2D eigenvalue weighted by atomic mass is 10.3. The summed E-state index contributed by atoms with van der Waals surface area (Å²) in [6.45, 7) is 1.93. The molecule has 0 unspecified atom stereocenters. The van der Waals surface area contributed by atoms with Crippen LogP contribution in [0.1, 0.15) is 41.0 Å². The van der Waals surface area contributed by atoms with Crippen molar-refractivity contribution in [1.82, 2.24) is 35.2 Å². The summed E-state index contributed by atoms with van der Waals surface area (Å²) in [6, 6.07) is 2.97. The van der Waals surface area contributed by atoms with Crippen molar-refractivity contribution >= 4 is 27.5 Å². The molecule has 0 spiro atoms. The monoisotopic (exact) mass is 438 g/mol. The molecule has 0 aromatic carbocycles. The summed E-state index contributed by atoms with van der Waals surface area (Å²) < 4.78 is 13.8. The van der Waals surface area contributed by atoms with Crippen molar-refractivity contribution in [2.75, 3.05) is 18.4 Å². The highest BCUT2D eigenvalue weighted by atomic mass is 32.1. The minimum atomic E-state index is -0.344. The Morgan fingerprint density at radius 3 is 2.90 bits per heavy atom. The van der Waals surface area contributed by atoms with Gasteiger partial charge >= 0.3 is 0 Å². The Balaban J connectivity index is 1.13. The second kappa shape index (κ2) is 9.03. The highest BCUT2D eigenvalue weighted by Crippen LogP contribution is 2.38. The largest absolute Gasteiger partial charge is 0.362 e. The zero-order valence-corrected chi connectivity index (χ0v) is 17.8. The van der Waals surface area contributed by atoms with Gasteiger partial charge in [-0.1, -0.05) is 11.3 Å². The summed E-state index contributed by atoms with van der Waals surface area (Å²) in [4.78, 5) is 26.0. The fourth-order valence-electron chi connectivity index (χ4n) is 3.38. The van der Waals surface area contributed by atoms with Crippen LogP contribution in [0.15, 0.2) is 30.9 Å². The Morgan fingerprint density at radius 2 is 2.03 bits per heavy atom. The van der Waals surface area contributed by atoms with E-state index in [0.29, 0.717) is 22.9 Å². The molecule has 160 valence electrons. The predicted octanol–water partition coefficient (Wildman–Crippen LogP) is 3.21. The van der Waals surface area contributed by atoms with E-state index in [0.717, 1.165) is 41.6 Å². The van der Waals surface area contributed by atoms with Crippen molar-refractivity contribution in [3.63, 3.8) is 0 Å². The Morgan fingerprint density at radius 1 is 1.13 bits per heavy atom. The second-order valence-electron chi connectivity index (χ2n) is 7.58. The van der Waals surface area contributed by atoms with Gasteiger partial charge in [-0.25, -0.2) is 24.3 Å². The average Bonchev–Trinajstić information content (AvgIpc) is 3.37. The van der Waals surface area contributed by atoms with Gasteiger partial charge in [0.1, 0.15) is 28.3 Å². The topological polar surface area (TPSA) is 104 Å². The number of aromatic nitrogens is 6. The third-order valence-electron chi connectivity index (χ3n) is 5.22. The van der Waals surface area contributed by atoms with Crippen LogP contribution in [0, 0.1) is 5.82 Å². The predicted molar refractivity (Wildman–Crippen MR) is 118 cm³/mol. The minimum Gasteiger partial charge on any atom is -0.362 e. The molecule has 1 saturated carbocycles. The van der Waals surface area contributed by atoms with Crippen molar-refractivity contribution in [3.05, 3.63) is 58.9 Å². The Kier molecular flexibility index (Phi) is 5.81. The molecule has 0 atom stereocenters. The van der Waals surface area contributed by atoms with Gasteiger partial charge in [0.25, 0.3) is 0 Å². The first-order valence-electron chi connectivity index (χ1n) is 10.4. The van der Waals surface area contributed by atoms with Crippen molar-refractivity contribution in [2.45, 2.75) is 38.1 Å². The standard InChI is InChI=1S/C21H23FN8S/c22-14-2-1-7-24-16(14)11-26-20-19-21(28-12-27-20)31-18(30-19)6-9-23-8-5-17-25-10-15(29-17)13-3-4-13/h1-2,7,10,12-13,23H,3-6,8-9,11H2,(H,25,29)(H,26,27,28). The summed E-state index contributed by atoms with van der Waals surface area (Å²) in [5.74, 6) is 2.00. The maximum Gasteiger partial charge on any atom is 0.157 e. The van der Waals surface area contributed by atoms with Gasteiger partial charge in [-0.2, -0.15) is 0 Å². The van der Waals surface area contributed by atoms with Crippen molar-refractivity contribution in [1.29, 1.82) is 0 Å². The average molecular weight is 439 g/mol. The summed E-state index contributed by atoms with van der Waals surface area (Å²) in [7, 11) is 0. The van der Waals surface area contributed by atoms with E-state index < -0.39 is 0 Å². The Labute approximate surface area is 182 Å². The number of hydrogen-bond acceptors (Lipinski definition) is 8. The van der Waals surface area contributed by atoms with Gasteiger partial charge in [0, 0.05) is 49.9 Å². The van der Waals surface area contributed by atoms with E-state index in [9.17, 15) is 4.39 Å². The first-order valence-corrected chi connectivity index (χ1v) is 11.3. The first-order chi connectivity index (χ1) is 15.3. The van der Waals surface area contributed by atoms with E-state index in [1.54, 1.807) is 23.6 Å². The van der Waals surface area contributed by atoms with Crippen LogP contribution in [-0.2, 0) is 19.4 Å². The van der Waals surface area contributed by atoms with Crippen molar-refractivity contribution < 1.29 is 4.39 Å². The van der Waals surface area contributed by atoms with Gasteiger partial charge < -0.3 is 15.6 Å². The first kappa shape index (κ1) is 20.0. The molecule has 10 heteroatoms. The van der Waals surface area contributed by atoms with E-state index in [4.69, 9.17) is 4.98 Å². The summed E-state index contributed by atoms with van der Waals surface area (Å²) >= 11 is 1.55. The normalized spacial score (nSPS) is 13.7. The lowest BCUT2D eigenvalue weighted by Crippen LogP contribution is -2.20. The number of halogens is 1. The van der Waals surface area contributed by atoms with E-state index in [1.165, 1.54) is 30.9 Å². The number of imidazole rings is 1. The number of rotatable bonds is 10. The Bertz CT molecular complexity index is 1170. The molecule has 8 nitrogen and oxygen atoms in total. The third kappa shape index (κ3) is 4.86. The molecule has 3 N–H and O–H groups in total. The van der Waals surface area contributed by atoms with E-state index in [2.05, 4.69) is 35.6 Å². The molecule has 5 rings (SSSR count). The number of nitrogens with one attached hydrogen (secondary N) is 3. The third-order valence-corrected chi connectivity index (χ3v) is 6.24. The van der Waals surface area contributed by atoms with Gasteiger partial charge in [0.2, 0.25) is 0 Å². The van der Waals surface area contributed by atoms with E-state index >= 15 is 0 Å². The molecular formula is C21H23FN8S. The zero-order valence-electron chi connectivity index (χ0n) is 16.9. The van der Waals surface area contributed by atoms with Crippen LogP contribution in [0.4, 0.5) is 10.2 Å². The fourth-order valence-corrected chi connectivity index (χ4v) is 4.29. The number of thiazole rings is 1. The molecule has 1 aliphatic rings. The van der Waals surface area contributed by atoms with Crippen molar-refractivity contribution in [3.8, 4) is 0 Å². The number of H-pyrrole nitrogens is 1. The Hall–Kier alpha value is -2.98. The van der Waals surface area contributed by atoms with Crippen LogP contribution in [0.2, 0.25) is 0 Å².